The summed E-state index contributed by atoms with van der Waals surface area (Å²) in [5, 5.41) is 0. The molecule has 4 heteroatoms. The van der Waals surface area contributed by atoms with Crippen LogP contribution in [0.1, 0.15) is 33.7 Å². The Morgan fingerprint density at radius 1 is 1.35 bits per heavy atom. The van der Waals surface area contributed by atoms with Gasteiger partial charge >= 0.3 is 5.97 Å². The van der Waals surface area contributed by atoms with E-state index in [9.17, 15) is 9.18 Å². The van der Waals surface area contributed by atoms with Gasteiger partial charge in [-0.05, 0) is 47.7 Å². The molecule has 1 aromatic carbocycles. The minimum absolute atomic E-state index is 0.248. The number of carbonyl (C=O) groups is 1. The van der Waals surface area contributed by atoms with Crippen molar-refractivity contribution in [2.24, 2.45) is 0 Å². The topological polar surface area (TPSA) is 42.1 Å². The fraction of sp³-hybridized carbons (Fsp3) is 0.188. The first-order valence-corrected chi connectivity index (χ1v) is 6.44. The molecule has 0 saturated carbocycles. The van der Waals surface area contributed by atoms with Crippen LogP contribution in [0.2, 0.25) is 0 Å². The second kappa shape index (κ2) is 4.96. The molecule has 3 nitrogen and oxygen atoms in total. The van der Waals surface area contributed by atoms with Gasteiger partial charge in [0.1, 0.15) is 11.5 Å². The number of ether oxygens (including phenoxy) is 1. The summed E-state index contributed by atoms with van der Waals surface area (Å²) in [7, 11) is 1.36. The Balaban J connectivity index is 1.96. The molecule has 1 aromatic heterocycles. The number of aromatic nitrogens is 1. The molecule has 0 saturated heterocycles. The third-order valence-electron chi connectivity index (χ3n) is 3.48. The van der Waals surface area contributed by atoms with Gasteiger partial charge in [-0.25, -0.2) is 9.18 Å². The van der Waals surface area contributed by atoms with E-state index in [0.717, 1.165) is 35.2 Å². The number of fused-ring (bicyclic) bond motifs is 1. The van der Waals surface area contributed by atoms with Crippen molar-refractivity contribution in [1.29, 1.82) is 0 Å². The monoisotopic (exact) mass is 271 g/mol. The fourth-order valence-corrected chi connectivity index (χ4v) is 2.54. The molecule has 102 valence electrons. The van der Waals surface area contributed by atoms with E-state index < -0.39 is 0 Å². The number of aromatic amines is 1. The number of halogens is 1. The molecule has 0 unspecified atom stereocenters. The van der Waals surface area contributed by atoms with Crippen molar-refractivity contribution < 1.29 is 13.9 Å². The SMILES string of the molecule is COC(=O)c1cc2c([nH]1)CC/C2=C\c1cccc(F)c1. The smallest absolute Gasteiger partial charge is 0.354 e. The Morgan fingerprint density at radius 2 is 2.20 bits per heavy atom. The Kier molecular flexibility index (Phi) is 3.14. The van der Waals surface area contributed by atoms with Crippen LogP contribution in [0.25, 0.3) is 11.6 Å². The minimum atomic E-state index is -0.371. The maximum atomic E-state index is 13.2. The number of methoxy groups -OCH3 is 1. The molecule has 20 heavy (non-hydrogen) atoms. The highest BCUT2D eigenvalue weighted by atomic mass is 19.1. The van der Waals surface area contributed by atoms with Gasteiger partial charge < -0.3 is 9.72 Å². The van der Waals surface area contributed by atoms with Crippen molar-refractivity contribution in [2.75, 3.05) is 7.11 Å². The molecule has 1 aliphatic carbocycles. The molecule has 1 aliphatic rings. The Bertz CT molecular complexity index is 700. The maximum Gasteiger partial charge on any atom is 0.354 e. The number of rotatable bonds is 2. The second-order valence-corrected chi connectivity index (χ2v) is 4.79. The van der Waals surface area contributed by atoms with Crippen LogP contribution in [0, 0.1) is 5.82 Å². The van der Waals surface area contributed by atoms with Crippen LogP contribution in [0.15, 0.2) is 30.3 Å². The quantitative estimate of drug-likeness (QED) is 0.850. The highest BCUT2D eigenvalue weighted by Gasteiger charge is 2.21. The lowest BCUT2D eigenvalue weighted by molar-refractivity contribution is 0.0594. The van der Waals surface area contributed by atoms with Crippen molar-refractivity contribution in [1.82, 2.24) is 4.98 Å². The van der Waals surface area contributed by atoms with Gasteiger partial charge in [0.25, 0.3) is 0 Å². The van der Waals surface area contributed by atoms with Crippen LogP contribution in [0.4, 0.5) is 4.39 Å². The number of nitrogens with one attached hydrogen (secondary N) is 1. The maximum absolute atomic E-state index is 13.2. The second-order valence-electron chi connectivity index (χ2n) is 4.79. The summed E-state index contributed by atoms with van der Waals surface area (Å²) in [5.41, 5.74) is 4.45. The van der Waals surface area contributed by atoms with Crippen molar-refractivity contribution in [3.05, 3.63) is 58.7 Å². The van der Waals surface area contributed by atoms with Crippen LogP contribution in [0.3, 0.4) is 0 Å². The zero-order valence-corrected chi connectivity index (χ0v) is 11.1. The highest BCUT2D eigenvalue weighted by molar-refractivity contribution is 5.92. The van der Waals surface area contributed by atoms with Gasteiger partial charge in [-0.1, -0.05) is 18.2 Å². The first-order chi connectivity index (χ1) is 9.67. The molecule has 0 amide bonds. The predicted octanol–water partition coefficient (Wildman–Crippen LogP) is 3.43. The molecule has 1 heterocycles. The molecule has 2 aromatic rings. The fourth-order valence-electron chi connectivity index (χ4n) is 2.54. The molecule has 0 spiro atoms. The van der Waals surface area contributed by atoms with Crippen LogP contribution in [-0.2, 0) is 11.2 Å². The third-order valence-corrected chi connectivity index (χ3v) is 3.48. The van der Waals surface area contributed by atoms with Crippen LogP contribution in [-0.4, -0.2) is 18.1 Å². The summed E-state index contributed by atoms with van der Waals surface area (Å²) in [6.07, 6.45) is 3.70. The van der Waals surface area contributed by atoms with E-state index in [2.05, 4.69) is 4.98 Å². The average molecular weight is 271 g/mol. The summed E-state index contributed by atoms with van der Waals surface area (Å²) < 4.78 is 17.9. The summed E-state index contributed by atoms with van der Waals surface area (Å²) in [6.45, 7) is 0. The van der Waals surface area contributed by atoms with E-state index in [1.54, 1.807) is 12.1 Å². The number of hydrogen-bond donors (Lipinski definition) is 1. The third kappa shape index (κ3) is 2.25. The average Bonchev–Trinajstić information content (AvgIpc) is 3.00. The van der Waals surface area contributed by atoms with E-state index in [-0.39, 0.29) is 11.8 Å². The number of aryl methyl sites for hydroxylation is 1. The highest BCUT2D eigenvalue weighted by Crippen LogP contribution is 2.34. The first kappa shape index (κ1) is 12.7. The van der Waals surface area contributed by atoms with E-state index in [4.69, 9.17) is 4.74 Å². The molecular formula is C16H14FNO2. The van der Waals surface area contributed by atoms with Crippen molar-refractivity contribution in [3.8, 4) is 0 Å². The van der Waals surface area contributed by atoms with Crippen molar-refractivity contribution in [3.63, 3.8) is 0 Å². The Labute approximate surface area is 116 Å². The normalized spacial score (nSPS) is 15.4. The zero-order valence-electron chi connectivity index (χ0n) is 11.1. The van der Waals surface area contributed by atoms with Crippen molar-refractivity contribution in [2.45, 2.75) is 12.8 Å². The number of carbonyl (C=O) groups excluding carboxylic acids is 1. The lowest BCUT2D eigenvalue weighted by Crippen LogP contribution is -2.01. The summed E-state index contributed by atoms with van der Waals surface area (Å²) in [5.74, 6) is -0.619. The van der Waals surface area contributed by atoms with Crippen molar-refractivity contribution >= 4 is 17.6 Å². The molecule has 0 atom stereocenters. The van der Waals surface area contributed by atoms with Crippen LogP contribution in [0.5, 0.6) is 0 Å². The minimum Gasteiger partial charge on any atom is -0.464 e. The Morgan fingerprint density at radius 3 is 2.95 bits per heavy atom. The molecular weight excluding hydrogens is 257 g/mol. The lowest BCUT2D eigenvalue weighted by atomic mass is 10.1. The summed E-state index contributed by atoms with van der Waals surface area (Å²) >= 11 is 0. The molecule has 0 radical (unpaired) electrons. The molecule has 0 fully saturated rings. The molecule has 0 aliphatic heterocycles. The van der Waals surface area contributed by atoms with E-state index in [0.29, 0.717) is 5.69 Å². The predicted molar refractivity (Wildman–Crippen MR) is 74.7 cm³/mol. The number of allylic oxidation sites excluding steroid dienone is 1. The largest absolute Gasteiger partial charge is 0.464 e. The van der Waals surface area contributed by atoms with Gasteiger partial charge in [-0.15, -0.1) is 0 Å². The van der Waals surface area contributed by atoms with E-state index in [1.807, 2.05) is 12.1 Å². The van der Waals surface area contributed by atoms with Gasteiger partial charge in [0.2, 0.25) is 0 Å². The number of benzene rings is 1. The molecule has 0 bridgehead atoms. The van der Waals surface area contributed by atoms with Gasteiger partial charge in [-0.3, -0.25) is 0 Å². The van der Waals surface area contributed by atoms with Gasteiger partial charge in [0.05, 0.1) is 7.11 Å². The van der Waals surface area contributed by atoms with Crippen LogP contribution >= 0.6 is 0 Å². The number of hydrogen-bond acceptors (Lipinski definition) is 2. The summed E-state index contributed by atoms with van der Waals surface area (Å²) in [6, 6.07) is 8.28. The molecule has 1 N–H and O–H groups in total. The lowest BCUT2D eigenvalue weighted by Gasteiger charge is -1.99. The van der Waals surface area contributed by atoms with Crippen LogP contribution < -0.4 is 0 Å². The standard InChI is InChI=1S/C16H14FNO2/c1-20-16(19)15-9-13-11(5-6-14(13)18-15)7-10-3-2-4-12(17)8-10/h2-4,7-9,18H,5-6H2,1H3/b11-7+. The first-order valence-electron chi connectivity index (χ1n) is 6.44. The number of esters is 1. The van der Waals surface area contributed by atoms with E-state index in [1.165, 1.54) is 19.2 Å². The van der Waals surface area contributed by atoms with Gasteiger partial charge in [0.15, 0.2) is 0 Å². The number of H-pyrrole nitrogens is 1. The van der Waals surface area contributed by atoms with E-state index >= 15 is 0 Å². The Hall–Kier alpha value is -2.36. The van der Waals surface area contributed by atoms with Gasteiger partial charge in [-0.2, -0.15) is 0 Å². The zero-order chi connectivity index (χ0) is 14.1. The van der Waals surface area contributed by atoms with Gasteiger partial charge in [0, 0.05) is 5.69 Å². The molecule has 3 rings (SSSR count). The summed E-state index contributed by atoms with van der Waals surface area (Å²) in [4.78, 5) is 14.6.